The van der Waals surface area contributed by atoms with Crippen LogP contribution in [0.1, 0.15) is 18.1 Å². The molecule has 1 aliphatic heterocycles. The summed E-state index contributed by atoms with van der Waals surface area (Å²) in [5, 5.41) is 0.648. The Bertz CT molecular complexity index is 384. The second-order valence-corrected chi connectivity index (χ2v) is 6.09. The number of nitrogens with zero attached hydrogens (tertiary/aromatic N) is 1. The molecule has 17 heavy (non-hydrogen) atoms. The van der Waals surface area contributed by atoms with Gasteiger partial charge in [0.1, 0.15) is 5.82 Å². The number of thioether (sulfide) groups is 1. The molecule has 1 aromatic carbocycles. The summed E-state index contributed by atoms with van der Waals surface area (Å²) in [5.41, 5.74) is 7.13. The minimum Gasteiger partial charge on any atom is -0.326 e. The molecule has 0 aliphatic carbocycles. The molecule has 1 aromatic rings. The zero-order chi connectivity index (χ0) is 12.3. The van der Waals surface area contributed by atoms with E-state index in [4.69, 9.17) is 5.73 Å². The molecule has 2 rings (SSSR count). The standard InChI is InChI=1S/C13H19FN2S/c1-10-8-16(4-5-17-10)9-12-3-2-11(7-15)6-13(12)14/h2-3,6,10H,4-5,7-9,15H2,1H3. The third kappa shape index (κ3) is 3.44. The van der Waals surface area contributed by atoms with Crippen molar-refractivity contribution in [3.8, 4) is 0 Å². The molecule has 0 amide bonds. The van der Waals surface area contributed by atoms with Gasteiger partial charge in [-0.25, -0.2) is 4.39 Å². The normalized spacial score (nSPS) is 21.7. The average Bonchev–Trinajstić information content (AvgIpc) is 2.32. The quantitative estimate of drug-likeness (QED) is 0.897. The van der Waals surface area contributed by atoms with Gasteiger partial charge >= 0.3 is 0 Å². The molecule has 1 atom stereocenters. The van der Waals surface area contributed by atoms with Crippen LogP contribution in [0.25, 0.3) is 0 Å². The number of nitrogens with two attached hydrogens (primary N) is 1. The van der Waals surface area contributed by atoms with Gasteiger partial charge in [-0.15, -0.1) is 0 Å². The molecular formula is C13H19FN2S. The largest absolute Gasteiger partial charge is 0.326 e. The number of halogens is 1. The zero-order valence-corrected chi connectivity index (χ0v) is 11.0. The van der Waals surface area contributed by atoms with E-state index >= 15 is 0 Å². The van der Waals surface area contributed by atoms with E-state index in [1.807, 2.05) is 23.9 Å². The monoisotopic (exact) mass is 254 g/mol. The van der Waals surface area contributed by atoms with Crippen LogP contribution in [0.4, 0.5) is 4.39 Å². The van der Waals surface area contributed by atoms with Gasteiger partial charge in [-0.2, -0.15) is 11.8 Å². The third-order valence-electron chi connectivity index (χ3n) is 3.07. The maximum atomic E-state index is 13.8. The van der Waals surface area contributed by atoms with Crippen LogP contribution in [0.5, 0.6) is 0 Å². The summed E-state index contributed by atoms with van der Waals surface area (Å²) < 4.78 is 13.8. The SMILES string of the molecule is CC1CN(Cc2ccc(CN)cc2F)CCS1. The van der Waals surface area contributed by atoms with Crippen LogP contribution >= 0.6 is 11.8 Å². The highest BCUT2D eigenvalue weighted by atomic mass is 32.2. The summed E-state index contributed by atoms with van der Waals surface area (Å²) in [6.07, 6.45) is 0. The molecule has 1 heterocycles. The average molecular weight is 254 g/mol. The first-order valence-corrected chi connectivity index (χ1v) is 7.05. The maximum absolute atomic E-state index is 13.8. The Morgan fingerprint density at radius 3 is 3.00 bits per heavy atom. The van der Waals surface area contributed by atoms with E-state index in [-0.39, 0.29) is 5.82 Å². The molecule has 2 nitrogen and oxygen atoms in total. The predicted octanol–water partition coefficient (Wildman–Crippen LogP) is 2.22. The Kier molecular flexibility index (Phi) is 4.42. The Hall–Kier alpha value is -0.580. The van der Waals surface area contributed by atoms with Gasteiger partial charge in [0.25, 0.3) is 0 Å². The fourth-order valence-electron chi connectivity index (χ4n) is 2.12. The summed E-state index contributed by atoms with van der Waals surface area (Å²) in [6.45, 7) is 5.43. The van der Waals surface area contributed by atoms with Crippen molar-refractivity contribution in [1.29, 1.82) is 0 Å². The van der Waals surface area contributed by atoms with Crippen molar-refractivity contribution in [2.75, 3.05) is 18.8 Å². The van der Waals surface area contributed by atoms with Crippen molar-refractivity contribution in [1.82, 2.24) is 4.90 Å². The van der Waals surface area contributed by atoms with Crippen molar-refractivity contribution in [3.05, 3.63) is 35.1 Å². The van der Waals surface area contributed by atoms with E-state index in [1.54, 1.807) is 6.07 Å². The highest BCUT2D eigenvalue weighted by Gasteiger charge is 2.17. The van der Waals surface area contributed by atoms with Crippen molar-refractivity contribution in [3.63, 3.8) is 0 Å². The van der Waals surface area contributed by atoms with Crippen molar-refractivity contribution in [2.45, 2.75) is 25.3 Å². The number of hydrogen-bond donors (Lipinski definition) is 1. The van der Waals surface area contributed by atoms with Crippen molar-refractivity contribution >= 4 is 11.8 Å². The van der Waals surface area contributed by atoms with Crippen molar-refractivity contribution in [2.24, 2.45) is 5.73 Å². The smallest absolute Gasteiger partial charge is 0.128 e. The summed E-state index contributed by atoms with van der Waals surface area (Å²) in [6, 6.07) is 5.34. The van der Waals surface area contributed by atoms with Crippen LogP contribution in [0.2, 0.25) is 0 Å². The predicted molar refractivity (Wildman–Crippen MR) is 71.5 cm³/mol. The van der Waals surface area contributed by atoms with Crippen LogP contribution < -0.4 is 5.73 Å². The van der Waals surface area contributed by atoms with E-state index in [2.05, 4.69) is 11.8 Å². The van der Waals surface area contributed by atoms with Crippen LogP contribution in [-0.2, 0) is 13.1 Å². The Morgan fingerprint density at radius 1 is 1.53 bits per heavy atom. The lowest BCUT2D eigenvalue weighted by Crippen LogP contribution is -2.36. The lowest BCUT2D eigenvalue weighted by atomic mass is 10.1. The molecule has 0 bridgehead atoms. The molecule has 4 heteroatoms. The molecule has 0 spiro atoms. The van der Waals surface area contributed by atoms with Crippen LogP contribution in [0, 0.1) is 5.82 Å². The molecule has 94 valence electrons. The topological polar surface area (TPSA) is 29.3 Å². The molecule has 0 radical (unpaired) electrons. The van der Waals surface area contributed by atoms with Gasteiger partial charge in [-0.3, -0.25) is 4.90 Å². The highest BCUT2D eigenvalue weighted by Crippen LogP contribution is 2.20. The van der Waals surface area contributed by atoms with Crippen LogP contribution in [0.3, 0.4) is 0 Å². The highest BCUT2D eigenvalue weighted by molar-refractivity contribution is 7.99. The fourth-order valence-corrected chi connectivity index (χ4v) is 3.20. The second-order valence-electron chi connectivity index (χ2n) is 4.55. The van der Waals surface area contributed by atoms with Gasteiger partial charge in [-0.05, 0) is 11.6 Å². The summed E-state index contributed by atoms with van der Waals surface area (Å²) in [5.74, 6) is 1.02. The minimum absolute atomic E-state index is 0.126. The number of hydrogen-bond acceptors (Lipinski definition) is 3. The van der Waals surface area contributed by atoms with Crippen LogP contribution in [-0.4, -0.2) is 29.0 Å². The molecule has 1 fully saturated rings. The first kappa shape index (κ1) is 12.9. The van der Waals surface area contributed by atoms with Gasteiger partial charge < -0.3 is 5.73 Å². The third-order valence-corrected chi connectivity index (χ3v) is 4.21. The molecule has 2 N–H and O–H groups in total. The summed E-state index contributed by atoms with van der Waals surface area (Å²) >= 11 is 1.99. The molecule has 0 saturated carbocycles. The minimum atomic E-state index is -0.126. The number of rotatable bonds is 3. The van der Waals surface area contributed by atoms with Gasteiger partial charge in [0.15, 0.2) is 0 Å². The van der Waals surface area contributed by atoms with E-state index < -0.39 is 0 Å². The van der Waals surface area contributed by atoms with E-state index in [0.717, 1.165) is 30.0 Å². The maximum Gasteiger partial charge on any atom is 0.128 e. The first-order chi connectivity index (χ1) is 8.19. The Morgan fingerprint density at radius 2 is 2.35 bits per heavy atom. The molecule has 1 saturated heterocycles. The first-order valence-electron chi connectivity index (χ1n) is 6.00. The summed E-state index contributed by atoms with van der Waals surface area (Å²) in [7, 11) is 0. The van der Waals surface area contributed by atoms with Gasteiger partial charge in [0, 0.05) is 42.7 Å². The Balaban J connectivity index is 2.02. The van der Waals surface area contributed by atoms with E-state index in [0.29, 0.717) is 18.3 Å². The molecule has 0 aromatic heterocycles. The number of benzene rings is 1. The van der Waals surface area contributed by atoms with Crippen LogP contribution in [0.15, 0.2) is 18.2 Å². The molecular weight excluding hydrogens is 235 g/mol. The van der Waals surface area contributed by atoms with Gasteiger partial charge in [0.05, 0.1) is 0 Å². The van der Waals surface area contributed by atoms with Gasteiger partial charge in [0.2, 0.25) is 0 Å². The van der Waals surface area contributed by atoms with E-state index in [1.165, 1.54) is 0 Å². The van der Waals surface area contributed by atoms with Crippen molar-refractivity contribution < 1.29 is 4.39 Å². The summed E-state index contributed by atoms with van der Waals surface area (Å²) in [4.78, 5) is 2.32. The van der Waals surface area contributed by atoms with E-state index in [9.17, 15) is 4.39 Å². The second kappa shape index (κ2) is 5.85. The lowest BCUT2D eigenvalue weighted by Gasteiger charge is -2.30. The van der Waals surface area contributed by atoms with Gasteiger partial charge in [-0.1, -0.05) is 19.1 Å². The lowest BCUT2D eigenvalue weighted by molar-refractivity contribution is 0.274. The Labute approximate surface area is 106 Å². The molecule has 1 unspecified atom stereocenters. The zero-order valence-electron chi connectivity index (χ0n) is 10.2. The fraction of sp³-hybridized carbons (Fsp3) is 0.538. The molecule has 1 aliphatic rings.